The van der Waals surface area contributed by atoms with Crippen LogP contribution in [0.2, 0.25) is 0 Å². The number of aromatic nitrogens is 1. The van der Waals surface area contributed by atoms with Gasteiger partial charge < -0.3 is 20.5 Å². The van der Waals surface area contributed by atoms with Gasteiger partial charge in [-0.2, -0.15) is 5.26 Å². The highest BCUT2D eigenvalue weighted by Gasteiger charge is 2.60. The minimum absolute atomic E-state index is 0.0975. The standard InChI is InChI=1S/C25H27F2N5O3/c1-13-9-14-3-2-4-18(20(14)30-13)24(35)32-17-5-6-19(25(26,27)11-17)21(32)23(34)31-16(12-28)10-15-7-8-29-22(15)33/h2-4,9,15-17,19,21,30H,5-8,10-11H2,1H3,(H,29,33)(H,31,34)/t15-,16+,17-,19-,21+/m0/s1. The predicted octanol–water partition coefficient (Wildman–Crippen LogP) is 2.64. The Morgan fingerprint density at radius 1 is 1.31 bits per heavy atom. The Labute approximate surface area is 201 Å². The Balaban J connectivity index is 1.45. The fraction of sp³-hybridized carbons (Fsp3) is 0.520. The Morgan fingerprint density at radius 2 is 2.11 bits per heavy atom. The van der Waals surface area contributed by atoms with Crippen LogP contribution in [0.15, 0.2) is 24.3 Å². The highest BCUT2D eigenvalue weighted by molar-refractivity contribution is 6.07. The molecule has 1 aromatic carbocycles. The van der Waals surface area contributed by atoms with Crippen molar-refractivity contribution in [2.75, 3.05) is 6.54 Å². The summed E-state index contributed by atoms with van der Waals surface area (Å²) in [6.07, 6.45) is 0.660. The lowest BCUT2D eigenvalue weighted by molar-refractivity contribution is -0.179. The molecular formula is C25H27F2N5O3. The molecule has 3 N–H and O–H groups in total. The van der Waals surface area contributed by atoms with Crippen LogP contribution < -0.4 is 10.6 Å². The van der Waals surface area contributed by atoms with Crippen molar-refractivity contribution in [1.29, 1.82) is 5.26 Å². The lowest BCUT2D eigenvalue weighted by Crippen LogP contribution is -2.68. The van der Waals surface area contributed by atoms with Gasteiger partial charge in [0.1, 0.15) is 12.1 Å². The molecule has 10 heteroatoms. The van der Waals surface area contributed by atoms with Gasteiger partial charge in [-0.05, 0) is 44.7 Å². The number of carbonyl (C=O) groups is 3. The maximum Gasteiger partial charge on any atom is 0.256 e. The average molecular weight is 484 g/mol. The zero-order chi connectivity index (χ0) is 24.9. The van der Waals surface area contributed by atoms with E-state index in [0.29, 0.717) is 30.5 Å². The number of hydrogen-bond donors (Lipinski definition) is 3. The molecule has 1 aliphatic carbocycles. The molecule has 5 atom stereocenters. The number of carbonyl (C=O) groups excluding carboxylic acids is 3. The van der Waals surface area contributed by atoms with Gasteiger partial charge in [0.2, 0.25) is 11.8 Å². The molecule has 35 heavy (non-hydrogen) atoms. The molecule has 4 heterocycles. The second-order valence-corrected chi connectivity index (χ2v) is 9.88. The summed E-state index contributed by atoms with van der Waals surface area (Å²) < 4.78 is 29.9. The van der Waals surface area contributed by atoms with Crippen LogP contribution in [0.4, 0.5) is 8.78 Å². The first-order valence-corrected chi connectivity index (χ1v) is 12.0. The first kappa shape index (κ1) is 23.3. The number of nitrogens with zero attached hydrogens (tertiary/aromatic N) is 2. The fourth-order valence-corrected chi connectivity index (χ4v) is 5.97. The molecule has 3 amide bonds. The monoisotopic (exact) mass is 483 g/mol. The number of alkyl halides is 2. The highest BCUT2D eigenvalue weighted by atomic mass is 19.3. The van der Waals surface area contributed by atoms with Crippen LogP contribution in [0.3, 0.4) is 0 Å². The first-order chi connectivity index (χ1) is 16.7. The molecule has 0 unspecified atom stereocenters. The molecule has 8 nitrogen and oxygen atoms in total. The van der Waals surface area contributed by atoms with Crippen LogP contribution in [0, 0.1) is 30.1 Å². The van der Waals surface area contributed by atoms with Gasteiger partial charge in [-0.25, -0.2) is 8.78 Å². The normalized spacial score (nSPS) is 27.9. The minimum atomic E-state index is -3.09. The third-order valence-electron chi connectivity index (χ3n) is 7.62. The second-order valence-electron chi connectivity index (χ2n) is 9.88. The molecule has 184 valence electrons. The van der Waals surface area contributed by atoms with Crippen LogP contribution in [-0.4, -0.2) is 58.2 Å². The van der Waals surface area contributed by atoms with E-state index in [1.54, 1.807) is 12.1 Å². The van der Waals surface area contributed by atoms with Crippen molar-refractivity contribution in [2.45, 2.75) is 63.1 Å². The van der Waals surface area contributed by atoms with Crippen molar-refractivity contribution in [1.82, 2.24) is 20.5 Å². The van der Waals surface area contributed by atoms with E-state index in [-0.39, 0.29) is 18.7 Å². The molecule has 1 saturated carbocycles. The number of piperidine rings is 2. The molecule has 6 rings (SSSR count). The van der Waals surface area contributed by atoms with Gasteiger partial charge >= 0.3 is 0 Å². The van der Waals surface area contributed by atoms with Gasteiger partial charge in [0.05, 0.1) is 23.1 Å². The quantitative estimate of drug-likeness (QED) is 0.606. The van der Waals surface area contributed by atoms with Crippen LogP contribution >= 0.6 is 0 Å². The number of nitriles is 1. The number of para-hydroxylation sites is 1. The number of halogens is 2. The van der Waals surface area contributed by atoms with E-state index in [9.17, 15) is 28.4 Å². The van der Waals surface area contributed by atoms with E-state index in [1.165, 1.54) is 4.90 Å². The van der Waals surface area contributed by atoms with Gasteiger partial charge in [0.25, 0.3) is 11.8 Å². The number of H-pyrrole nitrogens is 1. The third kappa shape index (κ3) is 4.03. The molecule has 3 aliphatic heterocycles. The van der Waals surface area contributed by atoms with E-state index in [1.807, 2.05) is 25.1 Å². The summed E-state index contributed by atoms with van der Waals surface area (Å²) >= 11 is 0. The second kappa shape index (κ2) is 8.63. The summed E-state index contributed by atoms with van der Waals surface area (Å²) in [6, 6.07) is 5.88. The van der Waals surface area contributed by atoms with Crippen LogP contribution in [0.5, 0.6) is 0 Å². The van der Waals surface area contributed by atoms with E-state index in [2.05, 4.69) is 15.6 Å². The van der Waals surface area contributed by atoms with Gasteiger partial charge in [0.15, 0.2) is 0 Å². The van der Waals surface area contributed by atoms with Crippen LogP contribution in [0.25, 0.3) is 10.9 Å². The summed E-state index contributed by atoms with van der Waals surface area (Å²) in [4.78, 5) is 43.6. The molecular weight excluding hydrogens is 456 g/mol. The summed E-state index contributed by atoms with van der Waals surface area (Å²) in [5, 5.41) is 15.7. The minimum Gasteiger partial charge on any atom is -0.358 e. The van der Waals surface area contributed by atoms with Crippen molar-refractivity contribution in [2.24, 2.45) is 11.8 Å². The van der Waals surface area contributed by atoms with Gasteiger partial charge in [0, 0.05) is 36.0 Å². The van der Waals surface area contributed by atoms with E-state index >= 15 is 0 Å². The van der Waals surface area contributed by atoms with Crippen LogP contribution in [-0.2, 0) is 9.59 Å². The average Bonchev–Trinajstić information content (AvgIpc) is 3.40. The summed E-state index contributed by atoms with van der Waals surface area (Å²) in [5.74, 6) is -6.29. The topological polar surface area (TPSA) is 118 Å². The van der Waals surface area contributed by atoms with Crippen molar-refractivity contribution in [3.63, 3.8) is 0 Å². The maximum atomic E-state index is 15.0. The SMILES string of the molecule is Cc1cc2cccc(C(=O)N3[C@H]4CC[C@@H]([C@@H]3C(=O)N[C@@H](C#N)C[C@@H]3CCNC3=O)C(F)(F)C4)c2[nH]1. The number of rotatable bonds is 5. The molecule has 4 fully saturated rings. The van der Waals surface area contributed by atoms with E-state index in [0.717, 1.165) is 11.1 Å². The molecule has 1 aromatic heterocycles. The van der Waals surface area contributed by atoms with Crippen molar-refractivity contribution >= 4 is 28.6 Å². The lowest BCUT2D eigenvalue weighted by atomic mass is 9.71. The number of hydrogen-bond acceptors (Lipinski definition) is 4. The largest absolute Gasteiger partial charge is 0.358 e. The predicted molar refractivity (Wildman–Crippen MR) is 122 cm³/mol. The number of fused-ring (bicyclic) bond motifs is 4. The lowest BCUT2D eigenvalue weighted by Gasteiger charge is -2.53. The fourth-order valence-electron chi connectivity index (χ4n) is 5.97. The molecule has 2 bridgehead atoms. The Hall–Kier alpha value is -3.48. The zero-order valence-corrected chi connectivity index (χ0v) is 19.3. The van der Waals surface area contributed by atoms with Gasteiger partial charge in [-0.1, -0.05) is 12.1 Å². The number of aromatic amines is 1. The van der Waals surface area contributed by atoms with Crippen molar-refractivity contribution < 1.29 is 23.2 Å². The van der Waals surface area contributed by atoms with Crippen molar-refractivity contribution in [3.8, 4) is 6.07 Å². The molecule has 0 spiro atoms. The molecule has 4 aliphatic rings. The number of nitrogens with one attached hydrogen (secondary N) is 3. The Bertz CT molecular complexity index is 1240. The molecule has 3 saturated heterocycles. The summed E-state index contributed by atoms with van der Waals surface area (Å²) in [5.41, 5.74) is 1.78. The molecule has 2 aromatic rings. The summed E-state index contributed by atoms with van der Waals surface area (Å²) in [7, 11) is 0. The number of aryl methyl sites for hydroxylation is 1. The number of benzene rings is 1. The Kier molecular flexibility index (Phi) is 5.74. The van der Waals surface area contributed by atoms with Gasteiger partial charge in [-0.3, -0.25) is 14.4 Å². The van der Waals surface area contributed by atoms with E-state index in [4.69, 9.17) is 0 Å². The summed E-state index contributed by atoms with van der Waals surface area (Å²) in [6.45, 7) is 2.36. The Morgan fingerprint density at radius 3 is 2.80 bits per heavy atom. The van der Waals surface area contributed by atoms with Gasteiger partial charge in [-0.15, -0.1) is 0 Å². The smallest absolute Gasteiger partial charge is 0.256 e. The van der Waals surface area contributed by atoms with Crippen LogP contribution in [0.1, 0.15) is 48.2 Å². The van der Waals surface area contributed by atoms with Crippen molar-refractivity contribution in [3.05, 3.63) is 35.5 Å². The first-order valence-electron chi connectivity index (χ1n) is 12.0. The third-order valence-corrected chi connectivity index (χ3v) is 7.62. The highest BCUT2D eigenvalue weighted by Crippen LogP contribution is 2.49. The number of amides is 3. The van der Waals surface area contributed by atoms with E-state index < -0.39 is 54.1 Å². The zero-order valence-electron chi connectivity index (χ0n) is 19.3. The molecule has 0 radical (unpaired) electrons. The maximum absolute atomic E-state index is 15.0.